The Balaban J connectivity index is 1.65. The van der Waals surface area contributed by atoms with Gasteiger partial charge in [-0.05, 0) is 39.7 Å². The van der Waals surface area contributed by atoms with Gasteiger partial charge in [0.05, 0.1) is 6.54 Å². The molecule has 1 N–H and O–H groups in total. The van der Waals surface area contributed by atoms with Gasteiger partial charge in [0.25, 0.3) is 0 Å². The zero-order chi connectivity index (χ0) is 19.4. The highest BCUT2D eigenvalue weighted by Crippen LogP contribution is 2.28. The van der Waals surface area contributed by atoms with Crippen LogP contribution in [0.4, 0.5) is 0 Å². The van der Waals surface area contributed by atoms with Crippen molar-refractivity contribution in [2.75, 3.05) is 46.3 Å². The minimum atomic E-state index is -0.681. The average Bonchev–Trinajstić information content (AvgIpc) is 3.09. The molecule has 2 saturated heterocycles. The fourth-order valence-electron chi connectivity index (χ4n) is 4.60. The molecule has 0 spiro atoms. The summed E-state index contributed by atoms with van der Waals surface area (Å²) in [6.07, 6.45) is 6.09. The van der Waals surface area contributed by atoms with Crippen molar-refractivity contribution in [1.82, 2.24) is 24.3 Å². The maximum Gasteiger partial charge on any atom is 0.303 e. The lowest BCUT2D eigenvalue weighted by atomic mass is 9.86. The van der Waals surface area contributed by atoms with Crippen LogP contribution in [-0.2, 0) is 11.3 Å². The molecule has 0 unspecified atom stereocenters. The molecule has 1 aromatic rings. The number of piperidine rings is 1. The Morgan fingerprint density at radius 1 is 1.26 bits per heavy atom. The van der Waals surface area contributed by atoms with Crippen LogP contribution < -0.4 is 0 Å². The van der Waals surface area contributed by atoms with E-state index in [2.05, 4.69) is 51.3 Å². The predicted molar refractivity (Wildman–Crippen MR) is 106 cm³/mol. The molecule has 2 fully saturated rings. The molecule has 7 heteroatoms. The van der Waals surface area contributed by atoms with Gasteiger partial charge in [-0.2, -0.15) is 0 Å². The Labute approximate surface area is 162 Å². The minimum absolute atomic E-state index is 0.267. The third-order valence-electron chi connectivity index (χ3n) is 6.18. The molecule has 2 atom stereocenters. The molecule has 1 aromatic heterocycles. The van der Waals surface area contributed by atoms with Crippen LogP contribution in [-0.4, -0.2) is 87.7 Å². The first kappa shape index (κ1) is 20.3. The molecule has 0 bridgehead atoms. The van der Waals surface area contributed by atoms with Gasteiger partial charge in [0.2, 0.25) is 0 Å². The number of likely N-dealkylation sites (tertiary alicyclic amines) is 1. The Morgan fingerprint density at radius 3 is 2.67 bits per heavy atom. The largest absolute Gasteiger partial charge is 0.481 e. The SMILES string of the molecule is CC(C)n1ccnc1CN1CC[C@H](N2CCN(C)CC2)[C@H](CCC(=O)O)C1. The molecule has 2 aliphatic heterocycles. The van der Waals surface area contributed by atoms with Crippen LogP contribution in [0.3, 0.4) is 0 Å². The highest BCUT2D eigenvalue weighted by molar-refractivity contribution is 5.66. The van der Waals surface area contributed by atoms with Gasteiger partial charge in [-0.3, -0.25) is 14.6 Å². The zero-order valence-electron chi connectivity index (χ0n) is 17.0. The fraction of sp³-hybridized carbons (Fsp3) is 0.800. The van der Waals surface area contributed by atoms with Gasteiger partial charge in [-0.15, -0.1) is 0 Å². The number of aromatic nitrogens is 2. The smallest absolute Gasteiger partial charge is 0.303 e. The molecule has 27 heavy (non-hydrogen) atoms. The van der Waals surface area contributed by atoms with Crippen molar-refractivity contribution >= 4 is 5.97 Å². The predicted octanol–water partition coefficient (Wildman–Crippen LogP) is 1.77. The molecule has 0 aliphatic carbocycles. The van der Waals surface area contributed by atoms with Gasteiger partial charge in [-0.1, -0.05) is 0 Å². The Bertz CT molecular complexity index is 609. The lowest BCUT2D eigenvalue weighted by Crippen LogP contribution is -2.56. The first-order chi connectivity index (χ1) is 12.9. The number of carboxylic acid groups (broad SMARTS) is 1. The number of hydrogen-bond donors (Lipinski definition) is 1. The summed E-state index contributed by atoms with van der Waals surface area (Å²) in [4.78, 5) is 23.2. The van der Waals surface area contributed by atoms with Crippen molar-refractivity contribution in [2.24, 2.45) is 5.92 Å². The highest BCUT2D eigenvalue weighted by Gasteiger charge is 2.34. The monoisotopic (exact) mass is 377 g/mol. The summed E-state index contributed by atoms with van der Waals surface area (Å²) in [5, 5.41) is 9.20. The van der Waals surface area contributed by atoms with E-state index in [4.69, 9.17) is 0 Å². The lowest BCUT2D eigenvalue weighted by molar-refractivity contribution is -0.137. The van der Waals surface area contributed by atoms with Gasteiger partial charge in [0, 0.05) is 70.2 Å². The second kappa shape index (κ2) is 9.17. The van der Waals surface area contributed by atoms with Crippen molar-refractivity contribution in [3.05, 3.63) is 18.2 Å². The number of imidazole rings is 1. The quantitative estimate of drug-likeness (QED) is 0.781. The third-order valence-corrected chi connectivity index (χ3v) is 6.18. The third kappa shape index (κ3) is 5.30. The first-order valence-corrected chi connectivity index (χ1v) is 10.3. The molecule has 2 aliphatic rings. The second-order valence-corrected chi connectivity index (χ2v) is 8.47. The summed E-state index contributed by atoms with van der Waals surface area (Å²) in [5.41, 5.74) is 0. The van der Waals surface area contributed by atoms with Crippen LogP contribution >= 0.6 is 0 Å². The van der Waals surface area contributed by atoms with Gasteiger partial charge in [0.15, 0.2) is 0 Å². The van der Waals surface area contributed by atoms with Gasteiger partial charge < -0.3 is 14.6 Å². The van der Waals surface area contributed by atoms with Crippen molar-refractivity contribution in [2.45, 2.75) is 51.7 Å². The summed E-state index contributed by atoms with van der Waals surface area (Å²) >= 11 is 0. The van der Waals surface area contributed by atoms with Crippen LogP contribution in [0.15, 0.2) is 12.4 Å². The summed E-state index contributed by atoms with van der Waals surface area (Å²) < 4.78 is 2.23. The van der Waals surface area contributed by atoms with Crippen molar-refractivity contribution in [3.63, 3.8) is 0 Å². The number of carbonyl (C=O) groups is 1. The molecule has 0 amide bonds. The van der Waals surface area contributed by atoms with E-state index in [0.717, 1.165) is 64.5 Å². The average molecular weight is 378 g/mol. The lowest BCUT2D eigenvalue weighted by Gasteiger charge is -2.46. The topological polar surface area (TPSA) is 64.8 Å². The van der Waals surface area contributed by atoms with Crippen LogP contribution in [0.2, 0.25) is 0 Å². The van der Waals surface area contributed by atoms with Gasteiger partial charge >= 0.3 is 5.97 Å². The van der Waals surface area contributed by atoms with E-state index in [1.807, 2.05) is 6.20 Å². The van der Waals surface area contributed by atoms with E-state index in [-0.39, 0.29) is 6.42 Å². The molecular weight excluding hydrogens is 342 g/mol. The van der Waals surface area contributed by atoms with Crippen LogP contribution in [0, 0.1) is 5.92 Å². The molecule has 0 aromatic carbocycles. The summed E-state index contributed by atoms with van der Waals surface area (Å²) in [5.74, 6) is 0.848. The minimum Gasteiger partial charge on any atom is -0.481 e. The summed E-state index contributed by atoms with van der Waals surface area (Å²) in [7, 11) is 2.18. The highest BCUT2D eigenvalue weighted by atomic mass is 16.4. The number of aliphatic carboxylic acids is 1. The fourth-order valence-corrected chi connectivity index (χ4v) is 4.60. The molecule has 0 saturated carbocycles. The molecular formula is C20H35N5O2. The first-order valence-electron chi connectivity index (χ1n) is 10.3. The number of nitrogens with zero attached hydrogens (tertiary/aromatic N) is 5. The van der Waals surface area contributed by atoms with Crippen molar-refractivity contribution < 1.29 is 9.90 Å². The number of rotatable bonds is 7. The number of hydrogen-bond acceptors (Lipinski definition) is 5. The van der Waals surface area contributed by atoms with Crippen LogP contribution in [0.25, 0.3) is 0 Å². The maximum absolute atomic E-state index is 11.2. The van der Waals surface area contributed by atoms with Crippen LogP contribution in [0.1, 0.15) is 45.0 Å². The van der Waals surface area contributed by atoms with Gasteiger partial charge in [-0.25, -0.2) is 4.98 Å². The van der Waals surface area contributed by atoms with E-state index in [1.54, 1.807) is 0 Å². The Morgan fingerprint density at radius 2 is 2.00 bits per heavy atom. The van der Waals surface area contributed by atoms with E-state index in [9.17, 15) is 9.90 Å². The van der Waals surface area contributed by atoms with Crippen molar-refractivity contribution in [3.8, 4) is 0 Å². The molecule has 3 heterocycles. The van der Waals surface area contributed by atoms with E-state index in [0.29, 0.717) is 18.0 Å². The number of likely N-dealkylation sites (N-methyl/N-ethyl adjacent to an activating group) is 1. The molecule has 152 valence electrons. The van der Waals surface area contributed by atoms with E-state index in [1.165, 1.54) is 0 Å². The number of carboxylic acids is 1. The Hall–Kier alpha value is -1.44. The summed E-state index contributed by atoms with van der Waals surface area (Å²) in [6, 6.07) is 0.923. The molecule has 7 nitrogen and oxygen atoms in total. The van der Waals surface area contributed by atoms with E-state index >= 15 is 0 Å². The van der Waals surface area contributed by atoms with Crippen LogP contribution in [0.5, 0.6) is 0 Å². The van der Waals surface area contributed by atoms with Gasteiger partial charge in [0.1, 0.15) is 5.82 Å². The summed E-state index contributed by atoms with van der Waals surface area (Å²) in [6.45, 7) is 11.7. The Kier molecular flexibility index (Phi) is 6.89. The molecule has 0 radical (unpaired) electrons. The molecule has 3 rings (SSSR count). The number of piperazine rings is 1. The van der Waals surface area contributed by atoms with Crippen molar-refractivity contribution in [1.29, 1.82) is 0 Å². The standard InChI is InChI=1S/C20H35N5O2/c1-16(2)25-9-7-21-19(25)15-23-8-6-18(17(14-23)4-5-20(26)27)24-12-10-22(3)11-13-24/h7,9,16-18H,4-6,8,10-15H2,1-3H3,(H,26,27)/t17-,18+/m1/s1. The second-order valence-electron chi connectivity index (χ2n) is 8.47. The normalized spacial score (nSPS) is 25.9. The maximum atomic E-state index is 11.2. The van der Waals surface area contributed by atoms with E-state index < -0.39 is 5.97 Å². The zero-order valence-corrected chi connectivity index (χ0v) is 17.0.